The van der Waals surface area contributed by atoms with Crippen LogP contribution >= 0.6 is 11.3 Å². The summed E-state index contributed by atoms with van der Waals surface area (Å²) >= 11 is 1.11. The smallest absolute Gasteiger partial charge is 0.350 e. The number of hydroxylamine groups is 1. The molecule has 0 fully saturated rings. The van der Waals surface area contributed by atoms with Crippen molar-refractivity contribution < 1.29 is 28.0 Å². The third-order valence-electron chi connectivity index (χ3n) is 3.94. The van der Waals surface area contributed by atoms with Crippen LogP contribution in [-0.4, -0.2) is 28.6 Å². The number of carbonyl (C=O) groups excluding carboxylic acids is 2. The molecular weight excluding hydrogens is 395 g/mol. The van der Waals surface area contributed by atoms with Crippen LogP contribution in [0.3, 0.4) is 0 Å². The number of nitrogens with one attached hydrogen (secondary N) is 2. The van der Waals surface area contributed by atoms with Gasteiger partial charge in [0.1, 0.15) is 0 Å². The largest absolute Gasteiger partial charge is 0.416 e. The number of nitrogens with zero attached hydrogens (tertiary/aromatic N) is 1. The van der Waals surface area contributed by atoms with E-state index in [1.54, 1.807) is 5.48 Å². The summed E-state index contributed by atoms with van der Waals surface area (Å²) in [5, 5.41) is 11.4. The molecule has 0 spiro atoms. The predicted molar refractivity (Wildman–Crippen MR) is 97.9 cm³/mol. The molecule has 1 aromatic carbocycles. The number of aromatic nitrogens is 1. The second-order valence-electron chi connectivity index (χ2n) is 6.06. The molecule has 0 aliphatic rings. The second kappa shape index (κ2) is 10.2. The minimum Gasteiger partial charge on any atom is -0.350 e. The zero-order valence-corrected chi connectivity index (χ0v) is 15.7. The Kier molecular flexibility index (Phi) is 7.94. The fourth-order valence-electron chi connectivity index (χ4n) is 2.43. The van der Waals surface area contributed by atoms with E-state index in [9.17, 15) is 22.8 Å². The fourth-order valence-corrected chi connectivity index (χ4v) is 3.27. The van der Waals surface area contributed by atoms with Gasteiger partial charge >= 0.3 is 6.18 Å². The number of thiazole rings is 1. The van der Waals surface area contributed by atoms with Gasteiger partial charge in [-0.25, -0.2) is 10.5 Å². The maximum atomic E-state index is 12.6. The number of carbonyl (C=O) groups is 2. The third-order valence-corrected chi connectivity index (χ3v) is 4.98. The molecule has 2 amide bonds. The first-order chi connectivity index (χ1) is 13.3. The van der Waals surface area contributed by atoms with E-state index in [1.165, 1.54) is 18.3 Å². The van der Waals surface area contributed by atoms with Crippen LogP contribution in [0.4, 0.5) is 13.2 Å². The number of hydrogen-bond acceptors (Lipinski definition) is 5. The lowest BCUT2D eigenvalue weighted by molar-refractivity contribution is -0.137. The summed E-state index contributed by atoms with van der Waals surface area (Å²) in [7, 11) is 0. The third kappa shape index (κ3) is 6.61. The van der Waals surface area contributed by atoms with Crippen molar-refractivity contribution in [2.24, 2.45) is 0 Å². The van der Waals surface area contributed by atoms with E-state index in [4.69, 9.17) is 5.21 Å². The van der Waals surface area contributed by atoms with Crippen molar-refractivity contribution in [1.82, 2.24) is 15.8 Å². The number of alkyl halides is 3. The number of rotatable bonds is 9. The molecule has 2 aromatic rings. The van der Waals surface area contributed by atoms with Crippen molar-refractivity contribution in [1.29, 1.82) is 0 Å². The summed E-state index contributed by atoms with van der Waals surface area (Å²) < 4.78 is 37.8. The standard InChI is InChI=1S/C18H20F3N3O3S/c19-18(20,21)13-8-6-12(7-9-13)14-11-23-17(28-14)16(26)22-10-4-2-1-3-5-15(25)24-27/h6-9,11,27H,1-5,10H2,(H,22,26)(H,24,25). The van der Waals surface area contributed by atoms with Crippen LogP contribution in [0, 0.1) is 0 Å². The normalized spacial score (nSPS) is 11.3. The Morgan fingerprint density at radius 3 is 2.39 bits per heavy atom. The van der Waals surface area contributed by atoms with Crippen LogP contribution in [0.5, 0.6) is 0 Å². The van der Waals surface area contributed by atoms with Crippen molar-refractivity contribution in [2.45, 2.75) is 38.3 Å². The lowest BCUT2D eigenvalue weighted by Crippen LogP contribution is -2.24. The van der Waals surface area contributed by atoms with Crippen molar-refractivity contribution in [3.63, 3.8) is 0 Å². The molecule has 0 saturated carbocycles. The molecule has 10 heteroatoms. The van der Waals surface area contributed by atoms with Crippen LogP contribution in [0.15, 0.2) is 30.5 Å². The van der Waals surface area contributed by atoms with E-state index in [1.807, 2.05) is 0 Å². The molecule has 0 saturated heterocycles. The minimum atomic E-state index is -4.39. The highest BCUT2D eigenvalue weighted by Crippen LogP contribution is 2.32. The molecule has 152 valence electrons. The highest BCUT2D eigenvalue weighted by molar-refractivity contribution is 7.16. The van der Waals surface area contributed by atoms with Crippen LogP contribution in [0.1, 0.15) is 47.5 Å². The molecule has 2 rings (SSSR count). The van der Waals surface area contributed by atoms with E-state index in [-0.39, 0.29) is 17.3 Å². The van der Waals surface area contributed by atoms with Crippen molar-refractivity contribution in [3.05, 3.63) is 41.0 Å². The number of benzene rings is 1. The van der Waals surface area contributed by atoms with E-state index in [2.05, 4.69) is 10.3 Å². The molecule has 1 heterocycles. The van der Waals surface area contributed by atoms with Gasteiger partial charge < -0.3 is 5.32 Å². The maximum absolute atomic E-state index is 12.6. The first-order valence-corrected chi connectivity index (χ1v) is 9.47. The highest BCUT2D eigenvalue weighted by Gasteiger charge is 2.30. The predicted octanol–water partition coefficient (Wildman–Crippen LogP) is 4.01. The SMILES string of the molecule is O=C(CCCCCCNC(=O)c1ncc(-c2ccc(C(F)(F)F)cc2)s1)NO. The highest BCUT2D eigenvalue weighted by atomic mass is 32.1. The van der Waals surface area contributed by atoms with E-state index < -0.39 is 17.6 Å². The summed E-state index contributed by atoms with van der Waals surface area (Å²) in [5.41, 5.74) is 1.41. The Balaban J connectivity index is 1.77. The van der Waals surface area contributed by atoms with Crippen LogP contribution in [0.25, 0.3) is 10.4 Å². The quantitative estimate of drug-likeness (QED) is 0.328. The van der Waals surface area contributed by atoms with Gasteiger partial charge in [-0.2, -0.15) is 13.2 Å². The Hall–Kier alpha value is -2.46. The van der Waals surface area contributed by atoms with Gasteiger partial charge in [0.05, 0.1) is 10.4 Å². The lowest BCUT2D eigenvalue weighted by Gasteiger charge is -2.06. The maximum Gasteiger partial charge on any atom is 0.416 e. The Bertz CT molecular complexity index is 791. The Labute approximate surface area is 163 Å². The van der Waals surface area contributed by atoms with E-state index >= 15 is 0 Å². The van der Waals surface area contributed by atoms with Gasteiger partial charge in [0.25, 0.3) is 5.91 Å². The molecule has 1 aromatic heterocycles. The van der Waals surface area contributed by atoms with Gasteiger partial charge in [-0.05, 0) is 30.5 Å². The van der Waals surface area contributed by atoms with Gasteiger partial charge in [0.15, 0.2) is 5.01 Å². The van der Waals surface area contributed by atoms with Gasteiger partial charge in [0, 0.05) is 19.2 Å². The molecule has 0 atom stereocenters. The summed E-state index contributed by atoms with van der Waals surface area (Å²) in [4.78, 5) is 27.6. The first kappa shape index (κ1) is 21.8. The zero-order valence-electron chi connectivity index (χ0n) is 14.9. The zero-order chi connectivity index (χ0) is 20.6. The van der Waals surface area contributed by atoms with Crippen LogP contribution in [-0.2, 0) is 11.0 Å². The molecule has 0 radical (unpaired) electrons. The molecule has 28 heavy (non-hydrogen) atoms. The van der Waals surface area contributed by atoms with Crippen LogP contribution < -0.4 is 10.8 Å². The molecule has 0 unspecified atom stereocenters. The lowest BCUT2D eigenvalue weighted by atomic mass is 10.1. The fraction of sp³-hybridized carbons (Fsp3) is 0.389. The van der Waals surface area contributed by atoms with Crippen LogP contribution in [0.2, 0.25) is 0 Å². The van der Waals surface area contributed by atoms with E-state index in [0.717, 1.165) is 42.7 Å². The summed E-state index contributed by atoms with van der Waals surface area (Å²) in [5.74, 6) is -0.747. The summed E-state index contributed by atoms with van der Waals surface area (Å²) in [6.45, 7) is 0.459. The first-order valence-electron chi connectivity index (χ1n) is 8.66. The van der Waals surface area contributed by atoms with Crippen molar-refractivity contribution in [3.8, 4) is 10.4 Å². The molecule has 0 bridgehead atoms. The second-order valence-corrected chi connectivity index (χ2v) is 7.09. The molecule has 0 aliphatic heterocycles. The minimum absolute atomic E-state index is 0.245. The molecule has 0 aliphatic carbocycles. The monoisotopic (exact) mass is 415 g/mol. The average Bonchev–Trinajstić information content (AvgIpc) is 3.16. The van der Waals surface area contributed by atoms with Gasteiger partial charge in [-0.3, -0.25) is 14.8 Å². The van der Waals surface area contributed by atoms with Gasteiger partial charge in [0.2, 0.25) is 5.91 Å². The van der Waals surface area contributed by atoms with Gasteiger partial charge in [-0.1, -0.05) is 25.0 Å². The van der Waals surface area contributed by atoms with Crippen molar-refractivity contribution in [2.75, 3.05) is 6.54 Å². The summed E-state index contributed by atoms with van der Waals surface area (Å²) in [6, 6.07) is 4.71. The number of amides is 2. The van der Waals surface area contributed by atoms with E-state index in [0.29, 0.717) is 23.4 Å². The average molecular weight is 415 g/mol. The summed E-state index contributed by atoms with van der Waals surface area (Å²) in [6.07, 6.45) is 0.366. The topological polar surface area (TPSA) is 91.3 Å². The number of hydrogen-bond donors (Lipinski definition) is 3. The molecular formula is C18H20F3N3O3S. The number of halogens is 3. The molecule has 6 nitrogen and oxygen atoms in total. The van der Waals surface area contributed by atoms with Gasteiger partial charge in [-0.15, -0.1) is 11.3 Å². The Morgan fingerprint density at radius 2 is 1.75 bits per heavy atom. The Morgan fingerprint density at radius 1 is 1.07 bits per heavy atom. The number of unbranched alkanes of at least 4 members (excludes halogenated alkanes) is 3. The van der Waals surface area contributed by atoms with Crippen molar-refractivity contribution >= 4 is 23.2 Å². The molecule has 3 N–H and O–H groups in total.